The molecule has 0 bridgehead atoms. The summed E-state index contributed by atoms with van der Waals surface area (Å²) >= 11 is 6.20. The topological polar surface area (TPSA) is 29.3 Å². The van der Waals surface area contributed by atoms with Crippen LogP contribution in [0, 0.1) is 5.82 Å². The normalized spacial score (nSPS) is 10.5. The fourth-order valence-electron chi connectivity index (χ4n) is 1.97. The number of nitrogens with zero attached hydrogens (tertiary/aromatic N) is 1. The van der Waals surface area contributed by atoms with Crippen molar-refractivity contribution in [2.75, 3.05) is 18.5 Å². The number of hydrogen-bond donors (Lipinski definition) is 1. The molecule has 2 N–H and O–H groups in total. The highest BCUT2D eigenvalue weighted by Gasteiger charge is 2.10. The Morgan fingerprint density at radius 2 is 1.95 bits per heavy atom. The Balaban J connectivity index is 2.32. The van der Waals surface area contributed by atoms with Crippen LogP contribution in [0.25, 0.3) is 0 Å². The lowest BCUT2D eigenvalue weighted by Crippen LogP contribution is -2.11. The lowest BCUT2D eigenvalue weighted by atomic mass is 10.1. The van der Waals surface area contributed by atoms with Gasteiger partial charge in [0.15, 0.2) is 0 Å². The van der Waals surface area contributed by atoms with Gasteiger partial charge in [0.25, 0.3) is 0 Å². The number of anilines is 2. The lowest BCUT2D eigenvalue weighted by Gasteiger charge is -2.21. The van der Waals surface area contributed by atoms with Gasteiger partial charge in [-0.15, -0.1) is 0 Å². The van der Waals surface area contributed by atoms with E-state index in [1.165, 1.54) is 6.07 Å². The maximum Gasteiger partial charge on any atom is 0.146 e. The molecular formula is C15H16ClFN2. The standard InChI is InChI=1S/C15H16ClFN2/c1-19(15-5-3-2-4-14(15)17)12-7-6-11(8-9-18)13(16)10-12/h2-7,10H,8-9,18H2,1H3. The number of rotatable bonds is 4. The third-order valence-electron chi connectivity index (χ3n) is 3.05. The van der Waals surface area contributed by atoms with E-state index in [0.29, 0.717) is 17.3 Å². The fraction of sp³-hybridized carbons (Fsp3) is 0.200. The molecule has 0 radical (unpaired) electrons. The molecule has 0 spiro atoms. The summed E-state index contributed by atoms with van der Waals surface area (Å²) in [4.78, 5) is 1.77. The zero-order chi connectivity index (χ0) is 13.8. The van der Waals surface area contributed by atoms with Gasteiger partial charge < -0.3 is 10.6 Å². The second kappa shape index (κ2) is 6.04. The van der Waals surface area contributed by atoms with Crippen molar-refractivity contribution >= 4 is 23.0 Å². The van der Waals surface area contributed by atoms with Crippen LogP contribution in [-0.2, 0) is 6.42 Å². The summed E-state index contributed by atoms with van der Waals surface area (Å²) in [5.74, 6) is -0.257. The van der Waals surface area contributed by atoms with Crippen molar-refractivity contribution in [3.63, 3.8) is 0 Å². The number of para-hydroxylation sites is 1. The first kappa shape index (κ1) is 13.8. The van der Waals surface area contributed by atoms with Gasteiger partial charge in [-0.25, -0.2) is 4.39 Å². The van der Waals surface area contributed by atoms with E-state index in [2.05, 4.69) is 0 Å². The van der Waals surface area contributed by atoms with Gasteiger partial charge in [0, 0.05) is 17.8 Å². The molecule has 0 unspecified atom stereocenters. The summed E-state index contributed by atoms with van der Waals surface area (Å²) in [6, 6.07) is 12.3. The molecule has 0 amide bonds. The van der Waals surface area contributed by atoms with Crippen LogP contribution in [0.3, 0.4) is 0 Å². The number of halogens is 2. The quantitative estimate of drug-likeness (QED) is 0.923. The molecule has 0 aliphatic carbocycles. The van der Waals surface area contributed by atoms with Crippen LogP contribution in [0.1, 0.15) is 5.56 Å². The molecule has 2 aromatic rings. The van der Waals surface area contributed by atoms with E-state index in [9.17, 15) is 4.39 Å². The molecule has 0 saturated heterocycles. The van der Waals surface area contributed by atoms with E-state index in [-0.39, 0.29) is 5.82 Å². The van der Waals surface area contributed by atoms with Gasteiger partial charge in [0.05, 0.1) is 5.69 Å². The highest BCUT2D eigenvalue weighted by Crippen LogP contribution is 2.29. The van der Waals surface area contributed by atoms with Gasteiger partial charge in [-0.1, -0.05) is 29.8 Å². The Bertz CT molecular complexity index is 572. The first-order valence-electron chi connectivity index (χ1n) is 6.10. The molecule has 0 aliphatic heterocycles. The molecule has 100 valence electrons. The molecule has 2 aromatic carbocycles. The third-order valence-corrected chi connectivity index (χ3v) is 3.40. The Labute approximate surface area is 117 Å². The van der Waals surface area contributed by atoms with Gasteiger partial charge in [-0.3, -0.25) is 0 Å². The zero-order valence-electron chi connectivity index (χ0n) is 10.7. The number of hydrogen-bond acceptors (Lipinski definition) is 2. The molecular weight excluding hydrogens is 263 g/mol. The van der Waals surface area contributed by atoms with Gasteiger partial charge in [-0.2, -0.15) is 0 Å². The number of nitrogens with two attached hydrogens (primary N) is 1. The van der Waals surface area contributed by atoms with Crippen LogP contribution in [0.4, 0.5) is 15.8 Å². The minimum absolute atomic E-state index is 0.257. The molecule has 19 heavy (non-hydrogen) atoms. The molecule has 2 rings (SSSR count). The van der Waals surface area contributed by atoms with Crippen molar-refractivity contribution in [2.24, 2.45) is 5.73 Å². The van der Waals surface area contributed by atoms with E-state index < -0.39 is 0 Å². The summed E-state index contributed by atoms with van der Waals surface area (Å²) in [5.41, 5.74) is 7.89. The van der Waals surface area contributed by atoms with Gasteiger partial charge in [0.2, 0.25) is 0 Å². The summed E-state index contributed by atoms with van der Waals surface area (Å²) < 4.78 is 13.7. The largest absolute Gasteiger partial charge is 0.342 e. The van der Waals surface area contributed by atoms with E-state index in [1.54, 1.807) is 23.1 Å². The van der Waals surface area contributed by atoms with Crippen LogP contribution in [0.15, 0.2) is 42.5 Å². The van der Waals surface area contributed by atoms with Gasteiger partial charge in [0.1, 0.15) is 5.82 Å². The molecule has 0 atom stereocenters. The molecule has 0 fully saturated rings. The van der Waals surface area contributed by atoms with Crippen LogP contribution in [0.5, 0.6) is 0 Å². The summed E-state index contributed by atoms with van der Waals surface area (Å²) in [5, 5.41) is 0.658. The fourth-order valence-corrected chi connectivity index (χ4v) is 2.24. The second-order valence-corrected chi connectivity index (χ2v) is 4.73. The first-order chi connectivity index (χ1) is 9.13. The molecule has 0 heterocycles. The maximum atomic E-state index is 13.7. The van der Waals surface area contributed by atoms with Crippen molar-refractivity contribution in [1.82, 2.24) is 0 Å². The van der Waals surface area contributed by atoms with Crippen molar-refractivity contribution in [3.05, 3.63) is 58.9 Å². The maximum absolute atomic E-state index is 13.7. The van der Waals surface area contributed by atoms with Crippen LogP contribution in [0.2, 0.25) is 5.02 Å². The highest BCUT2D eigenvalue weighted by atomic mass is 35.5. The SMILES string of the molecule is CN(c1ccc(CCN)c(Cl)c1)c1ccccc1F. The average Bonchev–Trinajstić information content (AvgIpc) is 2.41. The zero-order valence-corrected chi connectivity index (χ0v) is 11.5. The Hall–Kier alpha value is -1.58. The van der Waals surface area contributed by atoms with Crippen molar-refractivity contribution in [1.29, 1.82) is 0 Å². The first-order valence-corrected chi connectivity index (χ1v) is 6.48. The Morgan fingerprint density at radius 1 is 1.21 bits per heavy atom. The minimum Gasteiger partial charge on any atom is -0.342 e. The highest BCUT2D eigenvalue weighted by molar-refractivity contribution is 6.31. The lowest BCUT2D eigenvalue weighted by molar-refractivity contribution is 0.627. The Morgan fingerprint density at radius 3 is 2.58 bits per heavy atom. The molecule has 0 saturated carbocycles. The van der Waals surface area contributed by atoms with Crippen LogP contribution in [-0.4, -0.2) is 13.6 Å². The molecule has 4 heteroatoms. The molecule has 0 aliphatic rings. The van der Waals surface area contributed by atoms with Crippen LogP contribution >= 0.6 is 11.6 Å². The summed E-state index contributed by atoms with van der Waals surface area (Å²) in [6.07, 6.45) is 0.739. The predicted octanol–water partition coefficient (Wildman–Crippen LogP) is 3.75. The van der Waals surface area contributed by atoms with E-state index >= 15 is 0 Å². The Kier molecular flexibility index (Phi) is 4.40. The summed E-state index contributed by atoms with van der Waals surface area (Å²) in [6.45, 7) is 0.558. The van der Waals surface area contributed by atoms with Crippen molar-refractivity contribution in [2.45, 2.75) is 6.42 Å². The third kappa shape index (κ3) is 3.06. The molecule has 2 nitrogen and oxygen atoms in total. The minimum atomic E-state index is -0.257. The van der Waals surface area contributed by atoms with Crippen LogP contribution < -0.4 is 10.6 Å². The average molecular weight is 279 g/mol. The van der Waals surface area contributed by atoms with Gasteiger partial charge >= 0.3 is 0 Å². The number of benzene rings is 2. The smallest absolute Gasteiger partial charge is 0.146 e. The van der Waals surface area contributed by atoms with E-state index in [4.69, 9.17) is 17.3 Å². The van der Waals surface area contributed by atoms with E-state index in [1.807, 2.05) is 25.2 Å². The monoisotopic (exact) mass is 278 g/mol. The van der Waals surface area contributed by atoms with Crippen molar-refractivity contribution in [3.8, 4) is 0 Å². The second-order valence-electron chi connectivity index (χ2n) is 4.32. The predicted molar refractivity (Wildman–Crippen MR) is 78.7 cm³/mol. The summed E-state index contributed by atoms with van der Waals surface area (Å²) in [7, 11) is 1.81. The molecule has 0 aromatic heterocycles. The van der Waals surface area contributed by atoms with E-state index in [0.717, 1.165) is 17.7 Å². The van der Waals surface area contributed by atoms with Crippen molar-refractivity contribution < 1.29 is 4.39 Å². The van der Waals surface area contributed by atoms with Gasteiger partial charge in [-0.05, 0) is 42.8 Å².